The SMILES string of the molecule is Bc1nc(-c2cnn(C3CCNCC3)c2)c2nc(N3C[C@@H](F)C[C@@H]3c3cc(F)ccc3F)ccc2n1. The molecule has 4 aromatic rings. The molecule has 2 saturated heterocycles. The molecule has 3 aromatic heterocycles. The van der Waals surface area contributed by atoms with Gasteiger partial charge in [0.25, 0.3) is 0 Å². The summed E-state index contributed by atoms with van der Waals surface area (Å²) in [5, 5.41) is 7.96. The first kappa shape index (κ1) is 23.0. The standard InChI is InChI=1S/C25H25BF3N7/c26-25-32-20-3-4-22(35-13-16(28)10-21(35)18-9-15(27)1-2-19(18)29)33-24(20)23(34-25)14-11-31-36(12-14)17-5-7-30-8-6-17/h1-4,9,11-12,16-17,21,30H,5-8,10,13,26H2/t16-,21+/m0/s1. The van der Waals surface area contributed by atoms with Crippen molar-refractivity contribution >= 4 is 30.4 Å². The molecule has 2 aliphatic rings. The highest BCUT2D eigenvalue weighted by molar-refractivity contribution is 6.29. The molecule has 1 aromatic carbocycles. The summed E-state index contributed by atoms with van der Waals surface area (Å²) >= 11 is 0. The Hall–Kier alpha value is -3.47. The molecule has 7 nitrogen and oxygen atoms in total. The van der Waals surface area contributed by atoms with E-state index in [1.165, 1.54) is 0 Å². The number of fused-ring (bicyclic) bond motifs is 1. The van der Waals surface area contributed by atoms with Crippen LogP contribution in [0, 0.1) is 11.6 Å². The van der Waals surface area contributed by atoms with Crippen LogP contribution in [-0.2, 0) is 0 Å². The topological polar surface area (TPSA) is 71.8 Å². The van der Waals surface area contributed by atoms with Gasteiger partial charge in [0.05, 0.1) is 36.1 Å². The van der Waals surface area contributed by atoms with Crippen molar-refractivity contribution in [3.63, 3.8) is 0 Å². The van der Waals surface area contributed by atoms with Crippen molar-refractivity contribution in [1.82, 2.24) is 30.0 Å². The Morgan fingerprint density at radius 2 is 1.86 bits per heavy atom. The van der Waals surface area contributed by atoms with E-state index in [0.29, 0.717) is 34.3 Å². The molecule has 6 rings (SSSR count). The monoisotopic (exact) mass is 491 g/mol. The van der Waals surface area contributed by atoms with Gasteiger partial charge in [-0.15, -0.1) is 0 Å². The molecule has 2 aliphatic heterocycles. The van der Waals surface area contributed by atoms with Crippen molar-refractivity contribution in [3.05, 3.63) is 59.9 Å². The van der Waals surface area contributed by atoms with Gasteiger partial charge in [-0.25, -0.2) is 28.1 Å². The van der Waals surface area contributed by atoms with E-state index in [0.717, 1.165) is 49.7 Å². The minimum atomic E-state index is -1.19. The Kier molecular flexibility index (Phi) is 5.87. The average Bonchev–Trinajstić information content (AvgIpc) is 3.52. The Morgan fingerprint density at radius 1 is 1.03 bits per heavy atom. The highest BCUT2D eigenvalue weighted by atomic mass is 19.1. The predicted octanol–water partition coefficient (Wildman–Crippen LogP) is 2.64. The fourth-order valence-electron chi connectivity index (χ4n) is 5.32. The zero-order chi connectivity index (χ0) is 24.8. The molecule has 0 aliphatic carbocycles. The molecule has 0 spiro atoms. The molecule has 0 amide bonds. The van der Waals surface area contributed by atoms with Crippen LogP contribution in [0.1, 0.15) is 36.9 Å². The van der Waals surface area contributed by atoms with Crippen LogP contribution in [0.25, 0.3) is 22.3 Å². The van der Waals surface area contributed by atoms with Gasteiger partial charge in [0, 0.05) is 23.7 Å². The van der Waals surface area contributed by atoms with Crippen molar-refractivity contribution in [2.75, 3.05) is 24.5 Å². The molecular weight excluding hydrogens is 466 g/mol. The second kappa shape index (κ2) is 9.20. The molecule has 0 radical (unpaired) electrons. The highest BCUT2D eigenvalue weighted by Gasteiger charge is 2.36. The van der Waals surface area contributed by atoms with E-state index >= 15 is 0 Å². The minimum Gasteiger partial charge on any atom is -0.346 e. The number of aromatic nitrogens is 5. The lowest BCUT2D eigenvalue weighted by Gasteiger charge is -2.26. The molecular formula is C25H25BF3N7. The molecule has 0 saturated carbocycles. The average molecular weight is 491 g/mol. The number of rotatable bonds is 4. The number of nitrogens with one attached hydrogen (secondary N) is 1. The smallest absolute Gasteiger partial charge is 0.189 e. The molecule has 1 N–H and O–H groups in total. The Bertz CT molecular complexity index is 1420. The van der Waals surface area contributed by atoms with E-state index in [9.17, 15) is 13.2 Å². The Balaban J connectivity index is 1.41. The zero-order valence-electron chi connectivity index (χ0n) is 19.8. The van der Waals surface area contributed by atoms with Gasteiger partial charge in [0.15, 0.2) is 7.85 Å². The van der Waals surface area contributed by atoms with E-state index in [2.05, 4.69) is 20.4 Å². The van der Waals surface area contributed by atoms with E-state index < -0.39 is 23.8 Å². The van der Waals surface area contributed by atoms with Crippen LogP contribution in [0.3, 0.4) is 0 Å². The van der Waals surface area contributed by atoms with Crippen molar-refractivity contribution in [2.24, 2.45) is 0 Å². The van der Waals surface area contributed by atoms with E-state index in [4.69, 9.17) is 4.98 Å². The maximum atomic E-state index is 14.6. The molecule has 36 heavy (non-hydrogen) atoms. The number of piperidine rings is 1. The number of anilines is 1. The minimum absolute atomic E-state index is 0.0365. The molecule has 5 heterocycles. The molecule has 0 unspecified atom stereocenters. The van der Waals surface area contributed by atoms with Crippen molar-refractivity contribution in [1.29, 1.82) is 0 Å². The van der Waals surface area contributed by atoms with Gasteiger partial charge >= 0.3 is 0 Å². The first-order valence-corrected chi connectivity index (χ1v) is 12.2. The van der Waals surface area contributed by atoms with Gasteiger partial charge in [-0.2, -0.15) is 5.10 Å². The number of benzene rings is 1. The number of hydrogen-bond donors (Lipinski definition) is 1. The summed E-state index contributed by atoms with van der Waals surface area (Å²) in [6, 6.07) is 6.51. The van der Waals surface area contributed by atoms with Crippen LogP contribution >= 0.6 is 0 Å². The molecule has 2 atom stereocenters. The number of halogens is 3. The van der Waals surface area contributed by atoms with Crippen molar-refractivity contribution in [3.8, 4) is 11.3 Å². The molecule has 0 bridgehead atoms. The second-order valence-electron chi connectivity index (χ2n) is 9.51. The van der Waals surface area contributed by atoms with Crippen LogP contribution in [-0.4, -0.2) is 58.4 Å². The fraction of sp³-hybridized carbons (Fsp3) is 0.360. The first-order valence-electron chi connectivity index (χ1n) is 12.2. The third-order valence-electron chi connectivity index (χ3n) is 7.06. The number of pyridine rings is 1. The van der Waals surface area contributed by atoms with Gasteiger partial charge < -0.3 is 10.2 Å². The van der Waals surface area contributed by atoms with E-state index in [1.54, 1.807) is 17.2 Å². The summed E-state index contributed by atoms with van der Waals surface area (Å²) in [6.45, 7) is 1.95. The summed E-state index contributed by atoms with van der Waals surface area (Å²) in [5.74, 6) is -0.654. The lowest BCUT2D eigenvalue weighted by Crippen LogP contribution is -2.29. The van der Waals surface area contributed by atoms with Gasteiger partial charge in [0.1, 0.15) is 34.8 Å². The van der Waals surface area contributed by atoms with Gasteiger partial charge in [-0.1, -0.05) is 0 Å². The summed E-state index contributed by atoms with van der Waals surface area (Å²) in [7, 11) is 1.82. The Morgan fingerprint density at radius 3 is 2.69 bits per heavy atom. The maximum Gasteiger partial charge on any atom is 0.189 e. The second-order valence-corrected chi connectivity index (χ2v) is 9.51. The van der Waals surface area contributed by atoms with Crippen LogP contribution < -0.4 is 15.9 Å². The molecule has 2 fully saturated rings. The number of alkyl halides is 1. The predicted molar refractivity (Wildman–Crippen MR) is 134 cm³/mol. The van der Waals surface area contributed by atoms with Gasteiger partial charge in [0.2, 0.25) is 0 Å². The summed E-state index contributed by atoms with van der Waals surface area (Å²) in [4.78, 5) is 15.7. The summed E-state index contributed by atoms with van der Waals surface area (Å²) in [5.41, 5.74) is 3.41. The normalized spacial score (nSPS) is 20.9. The van der Waals surface area contributed by atoms with Crippen LogP contribution in [0.15, 0.2) is 42.7 Å². The highest BCUT2D eigenvalue weighted by Crippen LogP contribution is 2.39. The lowest BCUT2D eigenvalue weighted by molar-refractivity contribution is 0.343. The zero-order valence-corrected chi connectivity index (χ0v) is 19.8. The summed E-state index contributed by atoms with van der Waals surface area (Å²) < 4.78 is 45.1. The first-order chi connectivity index (χ1) is 17.5. The Labute approximate surface area is 207 Å². The fourth-order valence-corrected chi connectivity index (χ4v) is 5.32. The summed E-state index contributed by atoms with van der Waals surface area (Å²) in [6.07, 6.45) is 4.65. The molecule has 184 valence electrons. The van der Waals surface area contributed by atoms with E-state index in [1.807, 2.05) is 24.8 Å². The van der Waals surface area contributed by atoms with Crippen LogP contribution in [0.4, 0.5) is 19.0 Å². The quantitative estimate of drug-likeness (QED) is 0.443. The van der Waals surface area contributed by atoms with Crippen LogP contribution in [0.2, 0.25) is 0 Å². The van der Waals surface area contributed by atoms with Gasteiger partial charge in [-0.3, -0.25) is 4.68 Å². The van der Waals surface area contributed by atoms with Crippen molar-refractivity contribution < 1.29 is 13.2 Å². The van der Waals surface area contributed by atoms with Gasteiger partial charge in [-0.05, 0) is 56.3 Å². The number of nitrogens with zero attached hydrogens (tertiary/aromatic N) is 6. The maximum absolute atomic E-state index is 14.6. The molecule has 11 heteroatoms. The third-order valence-corrected chi connectivity index (χ3v) is 7.06. The van der Waals surface area contributed by atoms with E-state index in [-0.39, 0.29) is 18.5 Å². The third kappa shape index (κ3) is 4.21. The number of hydrogen-bond acceptors (Lipinski definition) is 6. The van der Waals surface area contributed by atoms with Crippen LogP contribution in [0.5, 0.6) is 0 Å². The lowest BCUT2D eigenvalue weighted by atomic mass is 10.0. The largest absolute Gasteiger partial charge is 0.346 e. The van der Waals surface area contributed by atoms with Crippen molar-refractivity contribution in [2.45, 2.75) is 37.5 Å².